The molecular weight excluding hydrogens is 1060 g/mol. The van der Waals surface area contributed by atoms with Crippen LogP contribution in [0.3, 0.4) is 0 Å². The van der Waals surface area contributed by atoms with Gasteiger partial charge in [0.25, 0.3) is 0 Å². The molecule has 13 aromatic carbocycles. The van der Waals surface area contributed by atoms with Crippen LogP contribution >= 0.6 is 22.7 Å². The Labute approximate surface area is 489 Å². The first-order valence-corrected chi connectivity index (χ1v) is 30.4. The summed E-state index contributed by atoms with van der Waals surface area (Å²) >= 11 is 3.73. The topological polar surface area (TPSA) is 19.7 Å². The van der Waals surface area contributed by atoms with Gasteiger partial charge in [0.1, 0.15) is 0 Å². The smallest absolute Gasteiger partial charge is 0.0788 e. The van der Waals surface area contributed by atoms with Crippen molar-refractivity contribution in [1.29, 1.82) is 0 Å². The van der Waals surface area contributed by atoms with E-state index in [-0.39, 0.29) is 0 Å². The first-order valence-electron chi connectivity index (χ1n) is 28.7. The molecule has 0 aliphatic heterocycles. The van der Waals surface area contributed by atoms with Crippen LogP contribution in [-0.4, -0.2) is 18.3 Å². The Balaban J connectivity index is 0.843. The van der Waals surface area contributed by atoms with E-state index in [0.29, 0.717) is 0 Å². The quantitative estimate of drug-likeness (QED) is 0.158. The van der Waals surface area contributed by atoms with Crippen LogP contribution < -0.4 is 0 Å². The number of thiophene rings is 2. The van der Waals surface area contributed by atoms with Crippen molar-refractivity contribution in [2.75, 3.05) is 0 Å². The fourth-order valence-corrected chi connectivity index (χ4v) is 16.5. The van der Waals surface area contributed by atoms with E-state index in [1.54, 1.807) is 0 Å². The van der Waals surface area contributed by atoms with Crippen molar-refractivity contribution < 1.29 is 0 Å². The Bertz CT molecular complexity index is 5650. The lowest BCUT2D eigenvalue weighted by Crippen LogP contribution is -2.02. The second-order valence-electron chi connectivity index (χ2n) is 22.4. The highest BCUT2D eigenvalue weighted by molar-refractivity contribution is 7.26. The number of aromatic nitrogens is 4. The van der Waals surface area contributed by atoms with Gasteiger partial charge in [-0.1, -0.05) is 176 Å². The van der Waals surface area contributed by atoms with Gasteiger partial charge in [-0.2, -0.15) is 0 Å². The molecule has 0 aliphatic carbocycles. The molecule has 0 unspecified atom stereocenters. The molecule has 0 atom stereocenters. The van der Waals surface area contributed by atoms with Gasteiger partial charge in [0, 0.05) is 106 Å². The molecule has 0 fully saturated rings. The highest BCUT2D eigenvalue weighted by Crippen LogP contribution is 2.46. The van der Waals surface area contributed by atoms with Crippen molar-refractivity contribution in [3.63, 3.8) is 0 Å². The van der Waals surface area contributed by atoms with Gasteiger partial charge < -0.3 is 18.3 Å². The maximum atomic E-state index is 2.54. The molecule has 6 aromatic heterocycles. The minimum absolute atomic E-state index is 1.09. The van der Waals surface area contributed by atoms with Gasteiger partial charge in [-0.15, -0.1) is 22.7 Å². The summed E-state index contributed by atoms with van der Waals surface area (Å²) in [6, 6.07) is 104. The van der Waals surface area contributed by atoms with Crippen molar-refractivity contribution in [1.82, 2.24) is 18.3 Å². The standard InChI is InChI=1S/C78H46N4S2/c1-7-28-67-55(22-1)61-36-38-63-57-24-3-9-30-69(57)81(77(63)75(61)79(67)51-18-13-16-47(42-51)49-34-40-73-65(44-49)59-26-5-11-32-71(59)83-73)53-20-15-21-54(46-53)82-70-31-10-4-25-58(70)64-39-37-62-56-23-2-8-29-68(56)80(76(62)78(64)82)52-19-14-17-48(43-52)50-35-41-74-66(45-50)60-27-6-12-33-72(60)84-74/h1-46H. The van der Waals surface area contributed by atoms with Crippen LogP contribution in [0.4, 0.5) is 0 Å². The molecular formula is C78H46N4S2. The molecule has 390 valence electrons. The van der Waals surface area contributed by atoms with E-state index in [1.807, 2.05) is 22.7 Å². The third kappa shape index (κ3) is 6.52. The van der Waals surface area contributed by atoms with E-state index < -0.39 is 0 Å². The lowest BCUT2D eigenvalue weighted by molar-refractivity contribution is 1.12. The number of hydrogen-bond donors (Lipinski definition) is 0. The molecule has 0 aliphatic rings. The van der Waals surface area contributed by atoms with E-state index in [1.165, 1.54) is 139 Å². The average Bonchev–Trinajstić information content (AvgIpc) is 2.22. The molecule has 0 saturated heterocycles. The Morgan fingerprint density at radius 1 is 0.179 bits per heavy atom. The van der Waals surface area contributed by atoms with Crippen LogP contribution in [0.5, 0.6) is 0 Å². The number of nitrogens with zero attached hydrogens (tertiary/aromatic N) is 4. The summed E-state index contributed by atoms with van der Waals surface area (Å²) in [6.07, 6.45) is 0. The van der Waals surface area contributed by atoms with E-state index in [4.69, 9.17) is 0 Å². The van der Waals surface area contributed by atoms with Gasteiger partial charge in [-0.05, 0) is 125 Å². The summed E-state index contributed by atoms with van der Waals surface area (Å²) in [5.41, 5.74) is 18.6. The van der Waals surface area contributed by atoms with Gasteiger partial charge >= 0.3 is 0 Å². The van der Waals surface area contributed by atoms with Crippen LogP contribution in [0.2, 0.25) is 0 Å². The Morgan fingerprint density at radius 3 is 0.833 bits per heavy atom. The summed E-state index contributed by atoms with van der Waals surface area (Å²) in [4.78, 5) is 0. The number of fused-ring (bicyclic) bond motifs is 20. The van der Waals surface area contributed by atoms with Crippen molar-refractivity contribution in [2.45, 2.75) is 0 Å². The van der Waals surface area contributed by atoms with Crippen LogP contribution in [0.25, 0.3) is 173 Å². The Hall–Kier alpha value is -10.5. The number of rotatable bonds is 6. The van der Waals surface area contributed by atoms with Gasteiger partial charge in [0.2, 0.25) is 0 Å². The lowest BCUT2D eigenvalue weighted by atomic mass is 10.0. The predicted octanol–water partition coefficient (Wildman–Crippen LogP) is 22.1. The highest BCUT2D eigenvalue weighted by atomic mass is 32.1. The Morgan fingerprint density at radius 2 is 0.464 bits per heavy atom. The Kier molecular flexibility index (Phi) is 9.62. The first-order chi connectivity index (χ1) is 41.7. The SMILES string of the molecule is c1cc(-c2ccc3sc4ccccc4c3c2)cc(-n2c3ccccc3c3ccc4c5ccccc5n(-c5cccc(-n6c7ccccc7c7ccc8c9ccccc9n(-c9cccc(-c%10ccc%11sc%12ccccc%12c%11c%10)c9)c8c76)c5)c4c32)c1. The molecule has 19 rings (SSSR count). The third-order valence-corrected chi connectivity index (χ3v) is 20.2. The summed E-state index contributed by atoms with van der Waals surface area (Å²) in [5.74, 6) is 0. The molecule has 84 heavy (non-hydrogen) atoms. The van der Waals surface area contributed by atoms with Gasteiger partial charge in [0.15, 0.2) is 0 Å². The van der Waals surface area contributed by atoms with Crippen LogP contribution in [0, 0.1) is 0 Å². The van der Waals surface area contributed by atoms with Crippen LogP contribution in [-0.2, 0) is 0 Å². The zero-order valence-electron chi connectivity index (χ0n) is 45.2. The molecule has 0 radical (unpaired) electrons. The molecule has 4 nitrogen and oxygen atoms in total. The second kappa shape index (κ2) is 17.5. The van der Waals surface area contributed by atoms with Crippen LogP contribution in [0.1, 0.15) is 0 Å². The zero-order chi connectivity index (χ0) is 54.7. The largest absolute Gasteiger partial charge is 0.307 e. The molecule has 0 saturated carbocycles. The third-order valence-electron chi connectivity index (χ3n) is 17.9. The minimum Gasteiger partial charge on any atom is -0.307 e. The van der Waals surface area contributed by atoms with Crippen molar-refractivity contribution in [3.8, 4) is 45.0 Å². The molecule has 6 heterocycles. The lowest BCUT2D eigenvalue weighted by Gasteiger charge is -2.16. The minimum atomic E-state index is 1.09. The maximum Gasteiger partial charge on any atom is 0.0788 e. The monoisotopic (exact) mass is 1100 g/mol. The van der Waals surface area contributed by atoms with Gasteiger partial charge in [-0.25, -0.2) is 0 Å². The second-order valence-corrected chi connectivity index (χ2v) is 24.5. The van der Waals surface area contributed by atoms with Gasteiger partial charge in [-0.3, -0.25) is 0 Å². The summed E-state index contributed by atoms with van der Waals surface area (Å²) in [7, 11) is 0. The normalized spacial score (nSPS) is 12.3. The average molecular weight is 1100 g/mol. The van der Waals surface area contributed by atoms with Crippen LogP contribution in [0.15, 0.2) is 279 Å². The summed E-state index contributed by atoms with van der Waals surface area (Å²) in [6.45, 7) is 0. The molecule has 0 amide bonds. The van der Waals surface area contributed by atoms with E-state index in [2.05, 4.69) is 297 Å². The zero-order valence-corrected chi connectivity index (χ0v) is 46.8. The fraction of sp³-hybridized carbons (Fsp3) is 0. The predicted molar refractivity (Wildman–Crippen MR) is 360 cm³/mol. The number of benzene rings is 13. The summed E-state index contributed by atoms with van der Waals surface area (Å²) < 4.78 is 15.4. The fourth-order valence-electron chi connectivity index (χ4n) is 14.3. The van der Waals surface area contributed by atoms with Gasteiger partial charge in [0.05, 0.1) is 44.1 Å². The van der Waals surface area contributed by atoms with Crippen molar-refractivity contribution in [2.24, 2.45) is 0 Å². The molecule has 0 N–H and O–H groups in total. The van der Waals surface area contributed by atoms with Crippen molar-refractivity contribution >= 4 is 150 Å². The maximum absolute atomic E-state index is 2.54. The first kappa shape index (κ1) is 46.1. The van der Waals surface area contributed by atoms with E-state index in [9.17, 15) is 0 Å². The molecule has 0 bridgehead atoms. The van der Waals surface area contributed by atoms with E-state index >= 15 is 0 Å². The molecule has 6 heteroatoms. The molecule has 19 aromatic rings. The number of para-hydroxylation sites is 4. The van der Waals surface area contributed by atoms with E-state index in [0.717, 1.165) is 33.8 Å². The summed E-state index contributed by atoms with van der Waals surface area (Å²) in [5, 5.41) is 15.0. The molecule has 0 spiro atoms. The number of hydrogen-bond acceptors (Lipinski definition) is 2. The highest BCUT2D eigenvalue weighted by Gasteiger charge is 2.25. The van der Waals surface area contributed by atoms with Crippen molar-refractivity contribution in [3.05, 3.63) is 279 Å².